The van der Waals surface area contributed by atoms with E-state index in [-0.39, 0.29) is 5.91 Å². The number of ether oxygens (including phenoxy) is 1. The van der Waals surface area contributed by atoms with Crippen LogP contribution in [0, 0.1) is 0 Å². The Hall–Kier alpha value is -3.61. The molecule has 4 nitrogen and oxygen atoms in total. The van der Waals surface area contributed by atoms with Gasteiger partial charge in [0.05, 0.1) is 18.0 Å². The predicted molar refractivity (Wildman–Crippen MR) is 155 cm³/mol. The van der Waals surface area contributed by atoms with E-state index in [1.807, 2.05) is 115 Å². The highest BCUT2D eigenvalue weighted by molar-refractivity contribution is 9.10. The number of thioether (sulfide) groups is 1. The molecular formula is C31H25BrN2O2S. The lowest BCUT2D eigenvalue weighted by Crippen LogP contribution is -2.28. The van der Waals surface area contributed by atoms with Gasteiger partial charge in [0.15, 0.2) is 5.17 Å². The van der Waals surface area contributed by atoms with Gasteiger partial charge in [-0.2, -0.15) is 0 Å². The summed E-state index contributed by atoms with van der Waals surface area (Å²) in [7, 11) is 0. The zero-order valence-electron chi connectivity index (χ0n) is 20.1. The number of hydrogen-bond acceptors (Lipinski definition) is 4. The largest absolute Gasteiger partial charge is 0.488 e. The maximum absolute atomic E-state index is 13.6. The SMILES string of the molecule is O=C1/C(=C\c2ccccc2OCc2ccc(Br)cc2)SC(=NCc2ccccc2)N1Cc1ccccc1. The molecule has 0 N–H and O–H groups in total. The lowest BCUT2D eigenvalue weighted by atomic mass is 10.1. The van der Waals surface area contributed by atoms with E-state index in [0.717, 1.165) is 32.5 Å². The third-order valence-electron chi connectivity index (χ3n) is 5.82. The molecule has 37 heavy (non-hydrogen) atoms. The molecule has 1 saturated heterocycles. The van der Waals surface area contributed by atoms with Gasteiger partial charge < -0.3 is 4.74 Å². The Kier molecular flexibility index (Phi) is 8.18. The van der Waals surface area contributed by atoms with E-state index < -0.39 is 0 Å². The summed E-state index contributed by atoms with van der Waals surface area (Å²) in [5.41, 5.74) is 4.09. The number of hydrogen-bond donors (Lipinski definition) is 0. The quantitative estimate of drug-likeness (QED) is 0.204. The number of nitrogens with zero attached hydrogens (tertiary/aromatic N) is 2. The van der Waals surface area contributed by atoms with Gasteiger partial charge in [-0.15, -0.1) is 0 Å². The molecule has 184 valence electrons. The highest BCUT2D eigenvalue weighted by Crippen LogP contribution is 2.35. The van der Waals surface area contributed by atoms with Crippen molar-refractivity contribution in [3.63, 3.8) is 0 Å². The van der Waals surface area contributed by atoms with Gasteiger partial charge in [-0.05, 0) is 52.7 Å². The number of rotatable bonds is 8. The molecule has 0 bridgehead atoms. The van der Waals surface area contributed by atoms with E-state index in [0.29, 0.717) is 29.8 Å². The van der Waals surface area contributed by atoms with Crippen LogP contribution in [0.1, 0.15) is 22.3 Å². The van der Waals surface area contributed by atoms with E-state index in [2.05, 4.69) is 15.9 Å². The minimum absolute atomic E-state index is 0.0524. The molecule has 0 aromatic heterocycles. The van der Waals surface area contributed by atoms with Gasteiger partial charge in [-0.25, -0.2) is 0 Å². The second-order valence-electron chi connectivity index (χ2n) is 8.52. The van der Waals surface area contributed by atoms with Gasteiger partial charge in [0.1, 0.15) is 12.4 Å². The summed E-state index contributed by atoms with van der Waals surface area (Å²) in [6, 6.07) is 35.9. The Morgan fingerprint density at radius 3 is 2.16 bits per heavy atom. The van der Waals surface area contributed by atoms with E-state index in [1.165, 1.54) is 11.8 Å². The van der Waals surface area contributed by atoms with Gasteiger partial charge in [0, 0.05) is 10.0 Å². The Morgan fingerprint density at radius 1 is 0.784 bits per heavy atom. The normalized spacial score (nSPS) is 15.5. The van der Waals surface area contributed by atoms with Crippen LogP contribution in [0.5, 0.6) is 5.75 Å². The number of benzene rings is 4. The van der Waals surface area contributed by atoms with Crippen molar-refractivity contribution in [3.8, 4) is 5.75 Å². The Morgan fingerprint density at radius 2 is 1.43 bits per heavy atom. The molecule has 0 atom stereocenters. The first kappa shape index (κ1) is 25.1. The number of amides is 1. The number of amidine groups is 1. The van der Waals surface area contributed by atoms with Crippen LogP contribution in [-0.4, -0.2) is 16.0 Å². The van der Waals surface area contributed by atoms with Gasteiger partial charge >= 0.3 is 0 Å². The average molecular weight is 570 g/mol. The summed E-state index contributed by atoms with van der Waals surface area (Å²) < 4.78 is 7.17. The molecule has 6 heteroatoms. The Labute approximate surface area is 229 Å². The first-order chi connectivity index (χ1) is 18.2. The lowest BCUT2D eigenvalue weighted by Gasteiger charge is -2.15. The molecule has 0 radical (unpaired) electrons. The molecule has 0 unspecified atom stereocenters. The minimum atomic E-state index is -0.0524. The molecule has 4 aromatic carbocycles. The van der Waals surface area contributed by atoms with Crippen LogP contribution in [0.15, 0.2) is 124 Å². The summed E-state index contributed by atoms with van der Waals surface area (Å²) in [6.45, 7) is 1.43. The average Bonchev–Trinajstić information content (AvgIpc) is 3.22. The van der Waals surface area contributed by atoms with E-state index in [9.17, 15) is 4.79 Å². The predicted octanol–water partition coefficient (Wildman–Crippen LogP) is 7.70. The monoisotopic (exact) mass is 568 g/mol. The Balaban J connectivity index is 1.40. The fourth-order valence-electron chi connectivity index (χ4n) is 3.89. The maximum Gasteiger partial charge on any atom is 0.267 e. The number of para-hydroxylation sites is 1. The highest BCUT2D eigenvalue weighted by atomic mass is 79.9. The molecule has 1 heterocycles. The number of carbonyl (C=O) groups is 1. The molecule has 1 aliphatic rings. The van der Waals surface area contributed by atoms with Crippen molar-refractivity contribution in [1.29, 1.82) is 0 Å². The van der Waals surface area contributed by atoms with Crippen LogP contribution in [0.2, 0.25) is 0 Å². The summed E-state index contributed by atoms with van der Waals surface area (Å²) in [4.78, 5) is 20.8. The van der Waals surface area contributed by atoms with Crippen molar-refractivity contribution in [2.45, 2.75) is 19.7 Å². The molecule has 4 aromatic rings. The standard InChI is InChI=1S/C31H25BrN2O2S/c32-27-17-15-25(16-18-27)22-36-28-14-8-7-13-26(28)19-29-30(35)34(21-24-11-5-2-6-12-24)31(37-29)33-20-23-9-3-1-4-10-23/h1-19H,20-22H2/b29-19+,33-31?. The van der Waals surface area contributed by atoms with Gasteiger partial charge in [0.25, 0.3) is 5.91 Å². The van der Waals surface area contributed by atoms with Crippen LogP contribution in [0.25, 0.3) is 6.08 Å². The van der Waals surface area contributed by atoms with E-state index in [1.54, 1.807) is 4.90 Å². The van der Waals surface area contributed by atoms with Crippen LogP contribution >= 0.6 is 27.7 Å². The smallest absolute Gasteiger partial charge is 0.267 e. The molecule has 5 rings (SSSR count). The van der Waals surface area contributed by atoms with E-state index in [4.69, 9.17) is 9.73 Å². The number of carbonyl (C=O) groups excluding carboxylic acids is 1. The fraction of sp³-hybridized carbons (Fsp3) is 0.0968. The maximum atomic E-state index is 13.6. The third-order valence-corrected chi connectivity index (χ3v) is 7.40. The van der Waals surface area contributed by atoms with E-state index >= 15 is 0 Å². The van der Waals surface area contributed by atoms with Crippen molar-refractivity contribution < 1.29 is 9.53 Å². The molecular weight excluding hydrogens is 544 g/mol. The molecule has 1 aliphatic heterocycles. The van der Waals surface area contributed by atoms with Crippen molar-refractivity contribution in [2.24, 2.45) is 4.99 Å². The molecule has 0 aliphatic carbocycles. The zero-order valence-corrected chi connectivity index (χ0v) is 22.5. The molecule has 0 saturated carbocycles. The topological polar surface area (TPSA) is 41.9 Å². The van der Waals surface area contributed by atoms with Crippen molar-refractivity contribution in [3.05, 3.63) is 141 Å². The Bertz CT molecular complexity index is 1420. The minimum Gasteiger partial charge on any atom is -0.488 e. The van der Waals surface area contributed by atoms with Crippen LogP contribution in [0.4, 0.5) is 0 Å². The summed E-state index contributed by atoms with van der Waals surface area (Å²) in [5.74, 6) is 0.680. The van der Waals surface area contributed by atoms with Crippen molar-refractivity contribution in [2.75, 3.05) is 0 Å². The molecule has 0 spiro atoms. The molecule has 1 fully saturated rings. The highest BCUT2D eigenvalue weighted by Gasteiger charge is 2.33. The first-order valence-corrected chi connectivity index (χ1v) is 13.6. The van der Waals surface area contributed by atoms with Gasteiger partial charge in [-0.3, -0.25) is 14.7 Å². The number of halogens is 1. The second kappa shape index (κ2) is 12.1. The van der Waals surface area contributed by atoms with Crippen LogP contribution < -0.4 is 4.74 Å². The fourth-order valence-corrected chi connectivity index (χ4v) is 5.12. The molecule has 1 amide bonds. The van der Waals surface area contributed by atoms with Crippen molar-refractivity contribution in [1.82, 2.24) is 4.90 Å². The zero-order chi connectivity index (χ0) is 25.5. The first-order valence-electron chi connectivity index (χ1n) is 12.0. The summed E-state index contributed by atoms with van der Waals surface area (Å²) in [5, 5.41) is 0.706. The van der Waals surface area contributed by atoms with Crippen LogP contribution in [0.3, 0.4) is 0 Å². The van der Waals surface area contributed by atoms with Crippen molar-refractivity contribution >= 4 is 44.8 Å². The summed E-state index contributed by atoms with van der Waals surface area (Å²) >= 11 is 4.88. The summed E-state index contributed by atoms with van der Waals surface area (Å²) in [6.07, 6.45) is 1.91. The van der Waals surface area contributed by atoms with Crippen LogP contribution in [-0.2, 0) is 24.5 Å². The van der Waals surface area contributed by atoms with Gasteiger partial charge in [-0.1, -0.05) is 107 Å². The third kappa shape index (κ3) is 6.59. The lowest BCUT2D eigenvalue weighted by molar-refractivity contribution is -0.122. The second-order valence-corrected chi connectivity index (χ2v) is 10.4. The number of aliphatic imine (C=N–C) groups is 1. The van der Waals surface area contributed by atoms with Gasteiger partial charge in [0.2, 0.25) is 0 Å².